The van der Waals surface area contributed by atoms with Crippen LogP contribution in [0.5, 0.6) is 0 Å². The van der Waals surface area contributed by atoms with E-state index < -0.39 is 7.81 Å². The number of likely N-dealkylation sites (N-methyl/N-ethyl adjacent to an activating group) is 1. The van der Waals surface area contributed by atoms with Gasteiger partial charge < -0.3 is 14.5 Å². The van der Waals surface area contributed by atoms with Crippen molar-refractivity contribution in [3.05, 3.63) is 0 Å². The first-order valence-electron chi connectivity index (χ1n) is 9.44. The van der Waals surface area contributed by atoms with Crippen LogP contribution in [-0.2, 0) is 9.53 Å². The molecule has 0 unspecified atom stereocenters. The average Bonchev–Trinajstić information content (AvgIpc) is 2.59. The molecule has 0 atom stereocenters. The second-order valence-electron chi connectivity index (χ2n) is 6.42. The number of hydrogen-bond donors (Lipinski definition) is 1. The van der Waals surface area contributed by atoms with Gasteiger partial charge in [-0.2, -0.15) is 0 Å². The SMILES string of the molecule is CC[N+](CC)(CC)CCOC(=O)NCCCCCCN=C=O.F[P-](F)(F)(F)(F)F. The maximum absolute atomic E-state index is 11.6. The summed E-state index contributed by atoms with van der Waals surface area (Å²) in [5, 5.41) is 2.77. The predicted molar refractivity (Wildman–Crippen MR) is 101 cm³/mol. The van der Waals surface area contributed by atoms with Gasteiger partial charge in [0, 0.05) is 6.54 Å². The van der Waals surface area contributed by atoms with E-state index in [9.17, 15) is 34.8 Å². The quantitative estimate of drug-likeness (QED) is 0.0936. The molecule has 0 heterocycles. The van der Waals surface area contributed by atoms with Crippen LogP contribution in [0.3, 0.4) is 0 Å². The van der Waals surface area contributed by atoms with Crippen LogP contribution in [0.25, 0.3) is 0 Å². The summed E-state index contributed by atoms with van der Waals surface area (Å²) in [6, 6.07) is 0. The van der Waals surface area contributed by atoms with Gasteiger partial charge in [-0.25, -0.2) is 14.6 Å². The second-order valence-corrected chi connectivity index (χ2v) is 8.34. The second kappa shape index (κ2) is 12.3. The molecular formula is C16H32F6N3O3P. The van der Waals surface area contributed by atoms with Crippen LogP contribution >= 0.6 is 7.81 Å². The van der Waals surface area contributed by atoms with Crippen LogP contribution in [-0.4, -0.2) is 62.5 Å². The van der Waals surface area contributed by atoms with Gasteiger partial charge in [0.2, 0.25) is 6.08 Å². The maximum atomic E-state index is 11.6. The Morgan fingerprint density at radius 3 is 1.90 bits per heavy atom. The number of isocyanates is 1. The number of alkyl carbamates (subject to hydrolysis) is 1. The molecule has 176 valence electrons. The Bertz CT molecular complexity index is 501. The summed E-state index contributed by atoms with van der Waals surface area (Å²) in [6.07, 6.45) is 5.03. The Hall–Kier alpha value is -1.38. The number of quaternary nitrogens is 1. The number of nitrogens with zero attached hydrogens (tertiary/aromatic N) is 2. The van der Waals surface area contributed by atoms with Crippen LogP contribution in [0.4, 0.5) is 30.0 Å². The van der Waals surface area contributed by atoms with Crippen molar-refractivity contribution < 1.29 is 44.0 Å². The van der Waals surface area contributed by atoms with Crippen molar-refractivity contribution in [2.24, 2.45) is 4.99 Å². The standard InChI is InChI=1S/C16H31N3O3.F6P/c1-4-19(5-2,6-3)13-14-22-16(21)18-12-10-8-7-9-11-17-15-20;1-7(2,3,4,5)6/h4-14H2,1-3H3;/q;-1/p+1. The van der Waals surface area contributed by atoms with Crippen molar-refractivity contribution in [2.75, 3.05) is 45.9 Å². The Morgan fingerprint density at radius 2 is 1.45 bits per heavy atom. The molecule has 6 nitrogen and oxygen atoms in total. The van der Waals surface area contributed by atoms with Gasteiger partial charge in [-0.15, -0.1) is 0 Å². The molecule has 0 rings (SSSR count). The summed E-state index contributed by atoms with van der Waals surface area (Å²) in [5.41, 5.74) is 0. The average molecular weight is 459 g/mol. The molecular weight excluding hydrogens is 427 g/mol. The fraction of sp³-hybridized carbons (Fsp3) is 0.875. The number of unbranched alkanes of at least 4 members (excludes halogenated alkanes) is 3. The van der Waals surface area contributed by atoms with E-state index in [1.54, 1.807) is 0 Å². The van der Waals surface area contributed by atoms with Gasteiger partial charge in [-0.3, -0.25) is 0 Å². The molecule has 1 N–H and O–H groups in total. The number of carbonyl (C=O) groups excluding carboxylic acids is 2. The number of carbonyl (C=O) groups is 1. The zero-order valence-corrected chi connectivity index (χ0v) is 18.0. The molecule has 0 aromatic heterocycles. The van der Waals surface area contributed by atoms with Gasteiger partial charge in [0.25, 0.3) is 0 Å². The molecule has 1 amide bonds. The summed E-state index contributed by atoms with van der Waals surface area (Å²) < 4.78 is 65.4. The van der Waals surface area contributed by atoms with Gasteiger partial charge in [-0.1, -0.05) is 12.8 Å². The van der Waals surface area contributed by atoms with Crippen molar-refractivity contribution >= 4 is 20.0 Å². The Kier molecular flexibility index (Phi) is 12.7. The summed E-state index contributed by atoms with van der Waals surface area (Å²) >= 11 is 0. The number of halogens is 6. The van der Waals surface area contributed by atoms with Crippen molar-refractivity contribution in [1.82, 2.24) is 5.32 Å². The van der Waals surface area contributed by atoms with E-state index in [4.69, 9.17) is 4.74 Å². The molecule has 0 aromatic carbocycles. The predicted octanol–water partition coefficient (Wildman–Crippen LogP) is 5.87. The van der Waals surface area contributed by atoms with Crippen LogP contribution in [0.2, 0.25) is 0 Å². The number of amides is 1. The number of ether oxygens (including phenoxy) is 1. The number of hydrogen-bond acceptors (Lipinski definition) is 4. The molecule has 0 aliphatic heterocycles. The molecule has 0 saturated heterocycles. The van der Waals surface area contributed by atoms with Crippen molar-refractivity contribution in [2.45, 2.75) is 46.5 Å². The van der Waals surface area contributed by atoms with Crippen LogP contribution in [0, 0.1) is 0 Å². The van der Waals surface area contributed by atoms with Crippen LogP contribution < -0.4 is 5.32 Å². The first kappa shape index (κ1) is 29.8. The molecule has 0 fully saturated rings. The van der Waals surface area contributed by atoms with Crippen molar-refractivity contribution in [3.8, 4) is 0 Å². The normalized spacial score (nSPS) is 13.8. The fourth-order valence-electron chi connectivity index (χ4n) is 2.43. The fourth-order valence-corrected chi connectivity index (χ4v) is 2.43. The topological polar surface area (TPSA) is 67.8 Å². The van der Waals surface area contributed by atoms with Gasteiger partial charge >= 0.3 is 39.1 Å². The van der Waals surface area contributed by atoms with Gasteiger partial charge in [-0.05, 0) is 33.6 Å². The summed E-state index contributed by atoms with van der Waals surface area (Å²) in [5.74, 6) is 0. The third-order valence-corrected chi connectivity index (χ3v) is 4.34. The molecule has 0 bridgehead atoms. The van der Waals surface area contributed by atoms with Crippen LogP contribution in [0.1, 0.15) is 46.5 Å². The van der Waals surface area contributed by atoms with E-state index in [1.807, 2.05) is 0 Å². The van der Waals surface area contributed by atoms with E-state index in [0.717, 1.165) is 56.3 Å². The Balaban J connectivity index is 0. The summed E-state index contributed by atoms with van der Waals surface area (Å²) in [4.78, 5) is 24.9. The first-order chi connectivity index (χ1) is 13.1. The zero-order valence-electron chi connectivity index (χ0n) is 17.1. The molecule has 13 heteroatoms. The number of rotatable bonds is 13. The Morgan fingerprint density at radius 1 is 0.966 bits per heavy atom. The van der Waals surface area contributed by atoms with E-state index in [0.29, 0.717) is 19.7 Å². The van der Waals surface area contributed by atoms with Gasteiger partial charge in [0.1, 0.15) is 13.2 Å². The molecule has 0 aliphatic rings. The van der Waals surface area contributed by atoms with Crippen LogP contribution in [0.15, 0.2) is 4.99 Å². The Labute approximate surface area is 167 Å². The van der Waals surface area contributed by atoms with Gasteiger partial charge in [0.15, 0.2) is 0 Å². The minimum atomic E-state index is -10.7. The van der Waals surface area contributed by atoms with E-state index >= 15 is 0 Å². The van der Waals surface area contributed by atoms with Gasteiger partial charge in [0.05, 0.1) is 26.2 Å². The number of nitrogens with one attached hydrogen (secondary N) is 1. The molecule has 0 saturated carbocycles. The van der Waals surface area contributed by atoms with Crippen molar-refractivity contribution in [3.63, 3.8) is 0 Å². The number of aliphatic imine (C=N–C) groups is 1. The zero-order chi connectivity index (χ0) is 23.1. The van der Waals surface area contributed by atoms with Crippen molar-refractivity contribution in [1.29, 1.82) is 0 Å². The monoisotopic (exact) mass is 459 g/mol. The molecule has 0 aliphatic carbocycles. The minimum absolute atomic E-state index is 0.327. The molecule has 0 aromatic rings. The molecule has 29 heavy (non-hydrogen) atoms. The summed E-state index contributed by atoms with van der Waals surface area (Å²) in [7, 11) is -10.7. The third-order valence-electron chi connectivity index (χ3n) is 4.34. The molecule has 0 radical (unpaired) electrons. The van der Waals surface area contributed by atoms with E-state index in [-0.39, 0.29) is 6.09 Å². The third kappa shape index (κ3) is 26.6. The first-order valence-corrected chi connectivity index (χ1v) is 11.5. The van der Waals surface area contributed by atoms with E-state index in [1.165, 1.54) is 6.08 Å². The van der Waals surface area contributed by atoms with E-state index in [2.05, 4.69) is 31.1 Å². The molecule has 0 spiro atoms. The summed E-state index contributed by atoms with van der Waals surface area (Å²) in [6.45, 7) is 12.2.